The maximum atomic E-state index is 12.7. The van der Waals surface area contributed by atoms with Gasteiger partial charge in [-0.15, -0.1) is 6.58 Å². The largest absolute Gasteiger partial charge is 0.493 e. The quantitative estimate of drug-likeness (QED) is 0.0589. The van der Waals surface area contributed by atoms with Gasteiger partial charge in [-0.05, 0) is 104 Å². The predicted octanol–water partition coefficient (Wildman–Crippen LogP) is 7.25. The molecule has 47 heavy (non-hydrogen) atoms. The van der Waals surface area contributed by atoms with E-state index >= 15 is 0 Å². The van der Waals surface area contributed by atoms with Gasteiger partial charge in [0.1, 0.15) is 24.7 Å². The molecule has 0 spiro atoms. The molecule has 0 atom stereocenters. The van der Waals surface area contributed by atoms with Crippen LogP contribution in [0.3, 0.4) is 0 Å². The lowest BCUT2D eigenvalue weighted by Gasteiger charge is -2.16. The molecule has 5 aromatic rings. The van der Waals surface area contributed by atoms with Gasteiger partial charge in [0.05, 0.1) is 18.2 Å². The maximum Gasteiger partial charge on any atom is 0.307 e. The molecule has 0 bridgehead atoms. The van der Waals surface area contributed by atoms with Gasteiger partial charge < -0.3 is 23.2 Å². The molecule has 0 aliphatic heterocycles. The third-order valence-corrected chi connectivity index (χ3v) is 7.28. The molecule has 11 nitrogen and oxygen atoms in total. The number of non-ortho nitro benzene ring substituents is 1. The second-order valence-corrected chi connectivity index (χ2v) is 10.6. The summed E-state index contributed by atoms with van der Waals surface area (Å²) in [5, 5.41) is 15.0. The number of benzene rings is 3. The Bertz CT molecular complexity index is 1890. The van der Waals surface area contributed by atoms with Gasteiger partial charge >= 0.3 is 5.91 Å². The molecule has 0 aliphatic rings. The Kier molecular flexibility index (Phi) is 10.2. The number of aromatic nitrogens is 1. The molecule has 0 saturated heterocycles. The summed E-state index contributed by atoms with van der Waals surface area (Å²) in [5.41, 5.74) is 8.04. The average molecular weight is 635 g/mol. The molecule has 0 fully saturated rings. The zero-order valence-corrected chi connectivity index (χ0v) is 26.3. The fourth-order valence-corrected chi connectivity index (χ4v) is 4.97. The number of rotatable bonds is 14. The summed E-state index contributed by atoms with van der Waals surface area (Å²) in [4.78, 5) is 23.2. The van der Waals surface area contributed by atoms with Crippen molar-refractivity contribution >= 4 is 17.8 Å². The van der Waals surface area contributed by atoms with E-state index in [1.807, 2.05) is 30.3 Å². The fraction of sp³-hybridized carbons (Fsp3) is 0.167. The zero-order chi connectivity index (χ0) is 33.3. The van der Waals surface area contributed by atoms with E-state index in [0.29, 0.717) is 35.0 Å². The van der Waals surface area contributed by atoms with E-state index in [0.717, 1.165) is 28.2 Å². The van der Waals surface area contributed by atoms with Crippen LogP contribution in [-0.4, -0.2) is 28.7 Å². The Labute approximate surface area is 271 Å². The van der Waals surface area contributed by atoms with Gasteiger partial charge in [-0.25, -0.2) is 5.43 Å². The number of aryl methyl sites for hydroxylation is 2. The van der Waals surface area contributed by atoms with Gasteiger partial charge in [0.15, 0.2) is 17.3 Å². The van der Waals surface area contributed by atoms with Crippen LogP contribution >= 0.6 is 0 Å². The summed E-state index contributed by atoms with van der Waals surface area (Å²) in [5.74, 6) is 1.71. The number of carbonyl (C=O) groups excluding carboxylic acids is 1. The van der Waals surface area contributed by atoms with Crippen molar-refractivity contribution < 1.29 is 28.3 Å². The number of nitrogens with one attached hydrogen (secondary N) is 1. The second-order valence-electron chi connectivity index (χ2n) is 10.6. The number of allylic oxidation sites excluding steroid dienone is 1. The molecular weight excluding hydrogens is 600 g/mol. The first-order valence-corrected chi connectivity index (χ1v) is 14.7. The third-order valence-electron chi connectivity index (χ3n) is 7.28. The van der Waals surface area contributed by atoms with Crippen molar-refractivity contribution in [2.24, 2.45) is 5.10 Å². The van der Waals surface area contributed by atoms with Crippen molar-refractivity contribution in [3.05, 3.63) is 147 Å². The number of nitro groups is 1. The zero-order valence-electron chi connectivity index (χ0n) is 26.3. The minimum absolute atomic E-state index is 0.00639. The van der Waals surface area contributed by atoms with Crippen molar-refractivity contribution in [2.45, 2.75) is 33.5 Å². The van der Waals surface area contributed by atoms with E-state index in [1.165, 1.54) is 25.5 Å². The highest BCUT2D eigenvalue weighted by Crippen LogP contribution is 2.34. The van der Waals surface area contributed by atoms with Crippen LogP contribution < -0.4 is 19.6 Å². The summed E-state index contributed by atoms with van der Waals surface area (Å²) < 4.78 is 25.3. The Balaban J connectivity index is 1.18. The topological polar surface area (TPSA) is 130 Å². The number of hydrogen-bond acceptors (Lipinski definition) is 8. The third kappa shape index (κ3) is 7.95. The van der Waals surface area contributed by atoms with Crippen molar-refractivity contribution in [3.63, 3.8) is 0 Å². The summed E-state index contributed by atoms with van der Waals surface area (Å²) in [7, 11) is 1.52. The minimum atomic E-state index is -0.518. The first-order valence-electron chi connectivity index (χ1n) is 14.7. The number of carbonyl (C=O) groups is 1. The fourth-order valence-electron chi connectivity index (χ4n) is 4.97. The van der Waals surface area contributed by atoms with Gasteiger partial charge in [0.2, 0.25) is 0 Å². The highest BCUT2D eigenvalue weighted by Gasteiger charge is 2.15. The van der Waals surface area contributed by atoms with Gasteiger partial charge in [-0.3, -0.25) is 14.9 Å². The van der Waals surface area contributed by atoms with Gasteiger partial charge in [-0.2, -0.15) is 5.10 Å². The number of hydrazone groups is 1. The van der Waals surface area contributed by atoms with Gasteiger partial charge in [0, 0.05) is 34.8 Å². The van der Waals surface area contributed by atoms with Crippen molar-refractivity contribution in [1.29, 1.82) is 0 Å². The van der Waals surface area contributed by atoms with E-state index in [-0.39, 0.29) is 24.7 Å². The van der Waals surface area contributed by atoms with E-state index in [4.69, 9.17) is 18.6 Å². The number of methoxy groups -OCH3 is 1. The average Bonchev–Trinajstić information content (AvgIpc) is 3.69. The van der Waals surface area contributed by atoms with Crippen molar-refractivity contribution in [2.75, 3.05) is 7.11 Å². The summed E-state index contributed by atoms with van der Waals surface area (Å²) in [6.45, 7) is 8.28. The summed E-state index contributed by atoms with van der Waals surface area (Å²) >= 11 is 0. The Morgan fingerprint density at radius 1 is 0.979 bits per heavy atom. The van der Waals surface area contributed by atoms with Gasteiger partial charge in [0.25, 0.3) is 5.69 Å². The maximum absolute atomic E-state index is 12.7. The van der Waals surface area contributed by atoms with Gasteiger partial charge in [-0.1, -0.05) is 6.08 Å². The number of amides is 1. The Hall–Kier alpha value is -6.10. The SMILES string of the molecule is C=CCc1cc(/C=N/NC(=O)c2ccc(COc3ccc(-n4c(C)ccc4C)cc3)o2)cc(OC)c1OCc1ccc([N+](=O)[O-])cc1. The first kappa shape index (κ1) is 32.3. The molecule has 2 heterocycles. The van der Waals surface area contributed by atoms with Crippen molar-refractivity contribution in [3.8, 4) is 22.9 Å². The van der Waals surface area contributed by atoms with Crippen LogP contribution in [0.2, 0.25) is 0 Å². The molecule has 1 N–H and O–H groups in total. The molecule has 3 aromatic carbocycles. The minimum Gasteiger partial charge on any atom is -0.493 e. The Morgan fingerprint density at radius 2 is 1.70 bits per heavy atom. The molecular formula is C36H34N4O7. The lowest BCUT2D eigenvalue weighted by Crippen LogP contribution is -2.16. The number of nitro benzene ring substituents is 1. The molecule has 240 valence electrons. The lowest BCUT2D eigenvalue weighted by molar-refractivity contribution is -0.384. The first-order chi connectivity index (χ1) is 22.7. The van der Waals surface area contributed by atoms with E-state index in [9.17, 15) is 14.9 Å². The van der Waals surface area contributed by atoms with Crippen LogP contribution in [0, 0.1) is 24.0 Å². The highest BCUT2D eigenvalue weighted by molar-refractivity contribution is 5.92. The van der Waals surface area contributed by atoms with E-state index < -0.39 is 10.8 Å². The molecule has 0 unspecified atom stereocenters. The van der Waals surface area contributed by atoms with Crippen LogP contribution in [0.4, 0.5) is 5.69 Å². The number of hydrogen-bond donors (Lipinski definition) is 1. The van der Waals surface area contributed by atoms with Crippen molar-refractivity contribution in [1.82, 2.24) is 9.99 Å². The number of furan rings is 1. The molecule has 11 heteroatoms. The summed E-state index contributed by atoms with van der Waals surface area (Å²) in [6, 6.07) is 24.9. The molecule has 1 amide bonds. The van der Waals surface area contributed by atoms with Crippen LogP contribution in [-0.2, 0) is 19.6 Å². The molecule has 0 radical (unpaired) electrons. The molecule has 0 saturated carbocycles. The predicted molar refractivity (Wildman–Crippen MR) is 178 cm³/mol. The van der Waals surface area contributed by atoms with Crippen LogP contribution in [0.25, 0.3) is 5.69 Å². The number of nitrogens with zero attached hydrogens (tertiary/aromatic N) is 3. The van der Waals surface area contributed by atoms with E-state index in [1.54, 1.807) is 36.4 Å². The lowest BCUT2D eigenvalue weighted by atomic mass is 10.1. The Morgan fingerprint density at radius 3 is 2.36 bits per heavy atom. The monoisotopic (exact) mass is 634 g/mol. The normalized spacial score (nSPS) is 11.0. The van der Waals surface area contributed by atoms with Crippen LogP contribution in [0.1, 0.15) is 44.4 Å². The molecule has 5 rings (SSSR count). The molecule has 2 aromatic heterocycles. The van der Waals surface area contributed by atoms with Crippen LogP contribution in [0.5, 0.6) is 17.2 Å². The highest BCUT2D eigenvalue weighted by atomic mass is 16.6. The van der Waals surface area contributed by atoms with Crippen LogP contribution in [0.15, 0.2) is 107 Å². The smallest absolute Gasteiger partial charge is 0.307 e. The molecule has 0 aliphatic carbocycles. The summed E-state index contributed by atoms with van der Waals surface area (Å²) in [6.07, 6.45) is 3.70. The second kappa shape index (κ2) is 14.8. The standard InChI is InChI=1S/C36H34N4O7/c1-5-6-28-19-27(20-34(44-4)35(28)46-22-26-9-11-30(12-10-26)40(42)43)21-37-38-36(41)33-18-17-32(47-33)23-45-31-15-13-29(14-16-31)39-24(2)7-8-25(39)3/h5,7-21H,1,6,22-23H2,2-4H3,(H,38,41)/b37-21+. The number of ether oxygens (including phenoxy) is 3. The van der Waals surface area contributed by atoms with E-state index in [2.05, 4.69) is 47.7 Å².